The Hall–Kier alpha value is -0.710. The molecule has 0 saturated heterocycles. The summed E-state index contributed by atoms with van der Waals surface area (Å²) in [6.45, 7) is 3.21. The van der Waals surface area contributed by atoms with E-state index in [1.54, 1.807) is 11.3 Å². The molecule has 18 heavy (non-hydrogen) atoms. The molecule has 0 aliphatic rings. The van der Waals surface area contributed by atoms with E-state index in [1.807, 2.05) is 18.3 Å². The summed E-state index contributed by atoms with van der Waals surface area (Å²) in [4.78, 5) is 5.84. The van der Waals surface area contributed by atoms with Crippen molar-refractivity contribution in [3.05, 3.63) is 50.9 Å². The van der Waals surface area contributed by atoms with E-state index in [1.165, 1.54) is 8.66 Å². The second-order valence-corrected chi connectivity index (χ2v) is 6.72. The summed E-state index contributed by atoms with van der Waals surface area (Å²) in [5, 5.41) is 3.57. The van der Waals surface area contributed by atoms with Crippen molar-refractivity contribution < 1.29 is 0 Å². The zero-order chi connectivity index (χ0) is 12.8. The molecule has 1 unspecified atom stereocenters. The lowest BCUT2D eigenvalue weighted by atomic mass is 10.1. The van der Waals surface area contributed by atoms with Crippen LogP contribution in [-0.4, -0.2) is 11.5 Å². The number of rotatable bonds is 6. The van der Waals surface area contributed by atoms with Crippen molar-refractivity contribution in [1.82, 2.24) is 10.3 Å². The predicted octanol–water partition coefficient (Wildman–Crippen LogP) is 4.19. The van der Waals surface area contributed by atoms with Crippen molar-refractivity contribution >= 4 is 27.3 Å². The molecule has 0 aliphatic heterocycles. The van der Waals surface area contributed by atoms with Crippen LogP contribution in [0.2, 0.25) is 0 Å². The second kappa shape index (κ2) is 7.02. The first-order chi connectivity index (χ1) is 8.79. The average Bonchev–Trinajstić information content (AvgIpc) is 2.81. The molecule has 0 spiro atoms. The van der Waals surface area contributed by atoms with E-state index >= 15 is 0 Å². The molecule has 2 aromatic heterocycles. The normalized spacial score (nSPS) is 12.6. The van der Waals surface area contributed by atoms with Gasteiger partial charge < -0.3 is 5.32 Å². The highest BCUT2D eigenvalue weighted by atomic mass is 79.9. The van der Waals surface area contributed by atoms with Gasteiger partial charge in [0.2, 0.25) is 0 Å². The van der Waals surface area contributed by atoms with Crippen molar-refractivity contribution in [3.63, 3.8) is 0 Å². The van der Waals surface area contributed by atoms with Gasteiger partial charge in [-0.2, -0.15) is 0 Å². The Kier molecular flexibility index (Phi) is 5.35. The maximum atomic E-state index is 4.47. The van der Waals surface area contributed by atoms with Gasteiger partial charge in [-0.15, -0.1) is 11.3 Å². The van der Waals surface area contributed by atoms with Gasteiger partial charge >= 0.3 is 0 Å². The van der Waals surface area contributed by atoms with Gasteiger partial charge in [0.15, 0.2) is 0 Å². The molecule has 0 amide bonds. The molecule has 0 aliphatic carbocycles. The highest BCUT2D eigenvalue weighted by Gasteiger charge is 2.13. The van der Waals surface area contributed by atoms with Crippen LogP contribution in [0.15, 0.2) is 40.3 Å². The Balaban J connectivity index is 2.10. The summed E-state index contributed by atoms with van der Waals surface area (Å²) < 4.78 is 1.19. The molecule has 1 atom stereocenters. The minimum atomic E-state index is 0.302. The quantitative estimate of drug-likeness (QED) is 0.861. The van der Waals surface area contributed by atoms with Crippen LogP contribution in [0.5, 0.6) is 0 Å². The minimum Gasteiger partial charge on any atom is -0.308 e. The lowest BCUT2D eigenvalue weighted by molar-refractivity contribution is 0.521. The maximum Gasteiger partial charge on any atom is 0.0701 e. The van der Waals surface area contributed by atoms with Crippen LogP contribution in [0.4, 0.5) is 0 Å². The monoisotopic (exact) mass is 324 g/mol. The molecular weight excluding hydrogens is 308 g/mol. The number of nitrogens with zero attached hydrogens (tertiary/aromatic N) is 1. The van der Waals surface area contributed by atoms with Gasteiger partial charge in [-0.25, -0.2) is 0 Å². The molecule has 2 rings (SSSR count). The van der Waals surface area contributed by atoms with Crippen molar-refractivity contribution in [1.29, 1.82) is 0 Å². The Bertz CT molecular complexity index is 470. The standard InChI is InChI=1S/C14H17BrN2S/c1-2-8-16-13(12-5-3-4-9-17-12)10-11-6-7-14(15)18-11/h3-7,9,13,16H,2,8,10H2,1H3. The molecule has 0 radical (unpaired) electrons. The summed E-state index contributed by atoms with van der Waals surface area (Å²) in [6.07, 6.45) is 3.99. The zero-order valence-electron chi connectivity index (χ0n) is 10.4. The second-order valence-electron chi connectivity index (χ2n) is 4.17. The number of halogens is 1. The van der Waals surface area contributed by atoms with Gasteiger partial charge in [0.05, 0.1) is 15.5 Å². The Morgan fingerprint density at radius 1 is 1.33 bits per heavy atom. The Morgan fingerprint density at radius 3 is 2.83 bits per heavy atom. The van der Waals surface area contributed by atoms with E-state index in [2.05, 4.69) is 51.4 Å². The largest absolute Gasteiger partial charge is 0.308 e. The molecule has 0 aromatic carbocycles. The van der Waals surface area contributed by atoms with Gasteiger partial charge in [-0.3, -0.25) is 4.98 Å². The van der Waals surface area contributed by atoms with Gasteiger partial charge in [-0.05, 0) is 53.2 Å². The highest BCUT2D eigenvalue weighted by molar-refractivity contribution is 9.11. The first-order valence-corrected chi connectivity index (χ1v) is 7.79. The third-order valence-electron chi connectivity index (χ3n) is 2.72. The van der Waals surface area contributed by atoms with Crippen LogP contribution in [0.1, 0.15) is 30.0 Å². The van der Waals surface area contributed by atoms with E-state index in [9.17, 15) is 0 Å². The first kappa shape index (κ1) is 13.7. The van der Waals surface area contributed by atoms with Gasteiger partial charge in [0, 0.05) is 17.5 Å². The highest BCUT2D eigenvalue weighted by Crippen LogP contribution is 2.26. The molecule has 1 N–H and O–H groups in total. The van der Waals surface area contributed by atoms with Gasteiger partial charge in [0.1, 0.15) is 0 Å². The Morgan fingerprint density at radius 2 is 2.22 bits per heavy atom. The summed E-state index contributed by atoms with van der Waals surface area (Å²) in [5.41, 5.74) is 1.12. The van der Waals surface area contributed by atoms with Crippen LogP contribution < -0.4 is 5.32 Å². The van der Waals surface area contributed by atoms with E-state index < -0.39 is 0 Å². The molecule has 0 saturated carbocycles. The van der Waals surface area contributed by atoms with Crippen LogP contribution >= 0.6 is 27.3 Å². The third-order valence-corrected chi connectivity index (χ3v) is 4.37. The number of thiophene rings is 1. The lowest BCUT2D eigenvalue weighted by Crippen LogP contribution is -2.24. The predicted molar refractivity (Wildman–Crippen MR) is 81.0 cm³/mol. The van der Waals surface area contributed by atoms with E-state index in [0.29, 0.717) is 6.04 Å². The summed E-state index contributed by atoms with van der Waals surface area (Å²) in [5.74, 6) is 0. The fourth-order valence-corrected chi connectivity index (χ4v) is 3.37. The smallest absolute Gasteiger partial charge is 0.0701 e. The summed E-state index contributed by atoms with van der Waals surface area (Å²) in [7, 11) is 0. The summed E-state index contributed by atoms with van der Waals surface area (Å²) >= 11 is 5.31. The fraction of sp³-hybridized carbons (Fsp3) is 0.357. The number of hydrogen-bond acceptors (Lipinski definition) is 3. The van der Waals surface area contributed by atoms with Crippen LogP contribution in [-0.2, 0) is 6.42 Å². The molecular formula is C14H17BrN2S. The molecule has 2 aromatic rings. The summed E-state index contributed by atoms with van der Waals surface area (Å²) in [6, 6.07) is 10.7. The zero-order valence-corrected chi connectivity index (χ0v) is 12.8. The van der Waals surface area contributed by atoms with Crippen molar-refractivity contribution in [2.45, 2.75) is 25.8 Å². The van der Waals surface area contributed by atoms with Crippen molar-refractivity contribution in [2.24, 2.45) is 0 Å². The van der Waals surface area contributed by atoms with E-state index in [-0.39, 0.29) is 0 Å². The lowest BCUT2D eigenvalue weighted by Gasteiger charge is -2.17. The SMILES string of the molecule is CCCNC(Cc1ccc(Br)s1)c1ccccn1. The maximum absolute atomic E-state index is 4.47. The van der Waals surface area contributed by atoms with E-state index in [4.69, 9.17) is 0 Å². The number of aromatic nitrogens is 1. The van der Waals surface area contributed by atoms with Crippen molar-refractivity contribution in [2.75, 3.05) is 6.54 Å². The molecule has 2 nitrogen and oxygen atoms in total. The van der Waals surface area contributed by atoms with Crippen LogP contribution in [0, 0.1) is 0 Å². The third kappa shape index (κ3) is 3.90. The molecule has 96 valence electrons. The number of hydrogen-bond donors (Lipinski definition) is 1. The van der Waals surface area contributed by atoms with Crippen LogP contribution in [0.25, 0.3) is 0 Å². The topological polar surface area (TPSA) is 24.9 Å². The molecule has 4 heteroatoms. The Labute approximate surface area is 121 Å². The van der Waals surface area contributed by atoms with Gasteiger partial charge in [-0.1, -0.05) is 13.0 Å². The minimum absolute atomic E-state index is 0.302. The van der Waals surface area contributed by atoms with Crippen molar-refractivity contribution in [3.8, 4) is 0 Å². The molecule has 0 fully saturated rings. The fourth-order valence-electron chi connectivity index (χ4n) is 1.84. The average molecular weight is 325 g/mol. The first-order valence-electron chi connectivity index (χ1n) is 6.18. The number of nitrogens with one attached hydrogen (secondary N) is 1. The molecule has 0 bridgehead atoms. The van der Waals surface area contributed by atoms with Crippen LogP contribution in [0.3, 0.4) is 0 Å². The molecule has 2 heterocycles. The van der Waals surface area contributed by atoms with Gasteiger partial charge in [0.25, 0.3) is 0 Å². The number of pyridine rings is 1. The van der Waals surface area contributed by atoms with E-state index in [0.717, 1.165) is 25.1 Å².